The van der Waals surface area contributed by atoms with E-state index in [0.29, 0.717) is 16.9 Å². The van der Waals surface area contributed by atoms with E-state index in [0.717, 1.165) is 5.69 Å². The van der Waals surface area contributed by atoms with Gasteiger partial charge in [-0.25, -0.2) is 9.97 Å². The third-order valence-electron chi connectivity index (χ3n) is 1.83. The molecule has 2 aromatic rings. The van der Waals surface area contributed by atoms with Gasteiger partial charge in [0.05, 0.1) is 5.39 Å². The number of aromatic nitrogens is 3. The maximum Gasteiger partial charge on any atom is 0.260 e. The Morgan fingerprint density at radius 2 is 2.00 bits per heavy atom. The van der Waals surface area contributed by atoms with Gasteiger partial charge >= 0.3 is 0 Å². The molecule has 0 atom stereocenters. The van der Waals surface area contributed by atoms with Crippen LogP contribution in [0.5, 0.6) is 0 Å². The lowest BCUT2D eigenvalue weighted by Gasteiger charge is -1.97. The number of rotatable bonds is 0. The van der Waals surface area contributed by atoms with Crippen LogP contribution < -0.4 is 5.56 Å². The number of nitrogens with one attached hydrogen (secondary N) is 1. The number of pyridine rings is 1. The molecule has 0 aliphatic carbocycles. The molecule has 66 valence electrons. The van der Waals surface area contributed by atoms with Crippen molar-refractivity contribution >= 4 is 11.0 Å². The van der Waals surface area contributed by atoms with E-state index in [1.165, 1.54) is 0 Å². The van der Waals surface area contributed by atoms with Gasteiger partial charge in [-0.3, -0.25) is 4.79 Å². The second-order valence-electron chi connectivity index (χ2n) is 2.98. The first-order valence-corrected chi connectivity index (χ1v) is 4.01. The minimum absolute atomic E-state index is 0.130. The SMILES string of the molecule is Cc1ccc2c(=O)[nH]c(C)nc2n1. The third kappa shape index (κ3) is 1.30. The van der Waals surface area contributed by atoms with E-state index in [1.807, 2.05) is 6.92 Å². The van der Waals surface area contributed by atoms with Gasteiger partial charge in [-0.2, -0.15) is 0 Å². The second-order valence-corrected chi connectivity index (χ2v) is 2.98. The molecule has 0 fully saturated rings. The highest BCUT2D eigenvalue weighted by atomic mass is 16.1. The topological polar surface area (TPSA) is 58.6 Å². The molecule has 4 heteroatoms. The zero-order chi connectivity index (χ0) is 9.42. The normalized spacial score (nSPS) is 10.6. The molecule has 0 saturated heterocycles. The van der Waals surface area contributed by atoms with E-state index in [9.17, 15) is 4.79 Å². The van der Waals surface area contributed by atoms with E-state index in [1.54, 1.807) is 19.1 Å². The summed E-state index contributed by atoms with van der Waals surface area (Å²) in [5.74, 6) is 0.593. The molecule has 0 spiro atoms. The number of aryl methyl sites for hydroxylation is 2. The predicted molar refractivity (Wildman–Crippen MR) is 49.6 cm³/mol. The summed E-state index contributed by atoms with van der Waals surface area (Å²) in [4.78, 5) is 22.3. The average molecular weight is 175 g/mol. The lowest BCUT2D eigenvalue weighted by Crippen LogP contribution is -2.10. The molecule has 2 heterocycles. The van der Waals surface area contributed by atoms with Crippen molar-refractivity contribution in [1.29, 1.82) is 0 Å². The Labute approximate surface area is 74.7 Å². The summed E-state index contributed by atoms with van der Waals surface area (Å²) in [6, 6.07) is 3.54. The van der Waals surface area contributed by atoms with Crippen molar-refractivity contribution in [2.75, 3.05) is 0 Å². The first-order chi connectivity index (χ1) is 6.16. The fraction of sp³-hybridized carbons (Fsp3) is 0.222. The van der Waals surface area contributed by atoms with Crippen LogP contribution in [0.1, 0.15) is 11.5 Å². The lowest BCUT2D eigenvalue weighted by molar-refractivity contribution is 1.03. The predicted octanol–water partition coefficient (Wildman–Crippen LogP) is 0.935. The van der Waals surface area contributed by atoms with Crippen LogP contribution in [-0.4, -0.2) is 15.0 Å². The summed E-state index contributed by atoms with van der Waals surface area (Å²) >= 11 is 0. The highest BCUT2D eigenvalue weighted by Gasteiger charge is 2.01. The number of aromatic amines is 1. The van der Waals surface area contributed by atoms with Crippen molar-refractivity contribution in [2.24, 2.45) is 0 Å². The average Bonchev–Trinajstić information content (AvgIpc) is 2.02. The fourth-order valence-corrected chi connectivity index (χ4v) is 1.22. The van der Waals surface area contributed by atoms with E-state index in [2.05, 4.69) is 15.0 Å². The molecule has 0 aromatic carbocycles. The number of nitrogens with zero attached hydrogens (tertiary/aromatic N) is 2. The Morgan fingerprint density at radius 3 is 2.77 bits per heavy atom. The Balaban J connectivity index is 2.95. The largest absolute Gasteiger partial charge is 0.310 e. The molecule has 13 heavy (non-hydrogen) atoms. The zero-order valence-corrected chi connectivity index (χ0v) is 7.46. The molecule has 0 bridgehead atoms. The molecule has 4 nitrogen and oxygen atoms in total. The smallest absolute Gasteiger partial charge is 0.260 e. The number of hydrogen-bond donors (Lipinski definition) is 1. The Morgan fingerprint density at radius 1 is 1.23 bits per heavy atom. The standard InChI is InChI=1S/C9H9N3O/c1-5-3-4-7-8(10-5)11-6(2)12-9(7)13/h3-4H,1-2H3,(H,10,11,12,13). The van der Waals surface area contributed by atoms with Crippen LogP contribution >= 0.6 is 0 Å². The lowest BCUT2D eigenvalue weighted by atomic mass is 10.3. The van der Waals surface area contributed by atoms with Crippen LogP contribution in [0.3, 0.4) is 0 Å². The van der Waals surface area contributed by atoms with Crippen LogP contribution in [0, 0.1) is 13.8 Å². The van der Waals surface area contributed by atoms with Crippen molar-refractivity contribution in [3.8, 4) is 0 Å². The van der Waals surface area contributed by atoms with E-state index in [4.69, 9.17) is 0 Å². The van der Waals surface area contributed by atoms with Crippen molar-refractivity contribution in [3.05, 3.63) is 34.0 Å². The summed E-state index contributed by atoms with van der Waals surface area (Å²) in [7, 11) is 0. The van der Waals surface area contributed by atoms with Gasteiger partial charge in [0.15, 0.2) is 5.65 Å². The van der Waals surface area contributed by atoms with E-state index < -0.39 is 0 Å². The highest BCUT2D eigenvalue weighted by molar-refractivity contribution is 5.73. The second kappa shape index (κ2) is 2.65. The summed E-state index contributed by atoms with van der Waals surface area (Å²) in [6.45, 7) is 3.61. The van der Waals surface area contributed by atoms with Crippen molar-refractivity contribution in [3.63, 3.8) is 0 Å². The van der Waals surface area contributed by atoms with Crippen LogP contribution in [0.15, 0.2) is 16.9 Å². The van der Waals surface area contributed by atoms with Gasteiger partial charge in [-0.15, -0.1) is 0 Å². The Bertz CT molecular complexity index is 510. The van der Waals surface area contributed by atoms with Gasteiger partial charge in [0.2, 0.25) is 0 Å². The van der Waals surface area contributed by atoms with Gasteiger partial charge in [-0.1, -0.05) is 0 Å². The zero-order valence-electron chi connectivity index (χ0n) is 7.46. The van der Waals surface area contributed by atoms with Gasteiger partial charge in [0.1, 0.15) is 5.82 Å². The minimum Gasteiger partial charge on any atom is -0.310 e. The molecule has 0 amide bonds. The number of hydrogen-bond acceptors (Lipinski definition) is 3. The molecular weight excluding hydrogens is 166 g/mol. The first-order valence-electron chi connectivity index (χ1n) is 4.01. The minimum atomic E-state index is -0.130. The monoisotopic (exact) mass is 175 g/mol. The van der Waals surface area contributed by atoms with Gasteiger partial charge in [0, 0.05) is 5.69 Å². The molecule has 2 rings (SSSR count). The maximum atomic E-state index is 11.4. The van der Waals surface area contributed by atoms with Gasteiger partial charge < -0.3 is 4.98 Å². The Kier molecular flexibility index (Phi) is 1.62. The molecule has 0 aliphatic heterocycles. The highest BCUT2D eigenvalue weighted by Crippen LogP contribution is 2.04. The van der Waals surface area contributed by atoms with Gasteiger partial charge in [-0.05, 0) is 26.0 Å². The summed E-state index contributed by atoms with van der Waals surface area (Å²) in [6.07, 6.45) is 0. The number of H-pyrrole nitrogens is 1. The van der Waals surface area contributed by atoms with Gasteiger partial charge in [0.25, 0.3) is 5.56 Å². The fourth-order valence-electron chi connectivity index (χ4n) is 1.22. The van der Waals surface area contributed by atoms with Crippen LogP contribution in [0.4, 0.5) is 0 Å². The molecule has 1 N–H and O–H groups in total. The van der Waals surface area contributed by atoms with E-state index in [-0.39, 0.29) is 5.56 Å². The quantitative estimate of drug-likeness (QED) is 0.648. The summed E-state index contributed by atoms with van der Waals surface area (Å²) < 4.78 is 0. The van der Waals surface area contributed by atoms with Crippen LogP contribution in [0.25, 0.3) is 11.0 Å². The Hall–Kier alpha value is -1.71. The summed E-state index contributed by atoms with van der Waals surface area (Å²) in [5, 5.41) is 0.538. The van der Waals surface area contributed by atoms with Crippen molar-refractivity contribution in [2.45, 2.75) is 13.8 Å². The first kappa shape index (κ1) is 7.91. The molecule has 0 radical (unpaired) electrons. The molecule has 0 unspecified atom stereocenters. The molecular formula is C9H9N3O. The van der Waals surface area contributed by atoms with Crippen molar-refractivity contribution < 1.29 is 0 Å². The molecule has 0 saturated carbocycles. The van der Waals surface area contributed by atoms with Crippen LogP contribution in [-0.2, 0) is 0 Å². The number of fused-ring (bicyclic) bond motifs is 1. The van der Waals surface area contributed by atoms with E-state index >= 15 is 0 Å². The summed E-state index contributed by atoms with van der Waals surface area (Å²) in [5.41, 5.74) is 1.25. The molecule has 2 aromatic heterocycles. The van der Waals surface area contributed by atoms with Crippen LogP contribution in [0.2, 0.25) is 0 Å². The molecule has 0 aliphatic rings. The maximum absolute atomic E-state index is 11.4. The van der Waals surface area contributed by atoms with Crippen molar-refractivity contribution in [1.82, 2.24) is 15.0 Å². The third-order valence-corrected chi connectivity index (χ3v) is 1.83.